The first-order valence-corrected chi connectivity index (χ1v) is 13.3. The Morgan fingerprint density at radius 3 is 2.23 bits per heavy atom. The van der Waals surface area contributed by atoms with Gasteiger partial charge in [0.25, 0.3) is 0 Å². The summed E-state index contributed by atoms with van der Waals surface area (Å²) in [6.45, 7) is 4.36. The van der Waals surface area contributed by atoms with E-state index in [0.29, 0.717) is 11.1 Å². The third-order valence-corrected chi connectivity index (χ3v) is 8.08. The van der Waals surface area contributed by atoms with E-state index in [1.54, 1.807) is 0 Å². The van der Waals surface area contributed by atoms with E-state index in [1.165, 1.54) is 0 Å². The summed E-state index contributed by atoms with van der Waals surface area (Å²) in [5.74, 6) is 0. The lowest BCUT2D eigenvalue weighted by molar-refractivity contribution is 0.673. The molecule has 1 aliphatic heterocycles. The Morgan fingerprint density at radius 2 is 1.45 bits per heavy atom. The van der Waals surface area contributed by atoms with Gasteiger partial charge in [-0.1, -0.05) is 30.3 Å². The minimum absolute atomic E-state index is 0.144. The molecule has 5 aromatic carbocycles. The average molecular weight is 515 g/mol. The molecule has 40 heavy (non-hydrogen) atoms. The Kier molecular flexibility index (Phi) is 4.49. The molecule has 188 valence electrons. The van der Waals surface area contributed by atoms with E-state index < -0.39 is 0 Å². The van der Waals surface area contributed by atoms with Crippen molar-refractivity contribution in [1.29, 1.82) is 10.5 Å². The summed E-state index contributed by atoms with van der Waals surface area (Å²) in [6.07, 6.45) is 0. The van der Waals surface area contributed by atoms with Crippen molar-refractivity contribution in [3.8, 4) is 29.0 Å². The van der Waals surface area contributed by atoms with Gasteiger partial charge in [0, 0.05) is 22.2 Å². The molecule has 0 bridgehead atoms. The van der Waals surface area contributed by atoms with Crippen molar-refractivity contribution >= 4 is 55.1 Å². The van der Waals surface area contributed by atoms with Gasteiger partial charge in [-0.25, -0.2) is 0 Å². The van der Waals surface area contributed by atoms with E-state index in [4.69, 9.17) is 4.42 Å². The number of benzene rings is 5. The zero-order chi connectivity index (χ0) is 27.1. The molecule has 5 nitrogen and oxygen atoms in total. The molecule has 0 saturated carbocycles. The van der Waals surface area contributed by atoms with E-state index in [9.17, 15) is 10.5 Å². The van der Waals surface area contributed by atoms with Crippen LogP contribution >= 0.6 is 0 Å². The molecular formula is C35H22N4O. The lowest BCUT2D eigenvalue weighted by Gasteiger charge is -2.36. The molecule has 8 rings (SSSR count). The zero-order valence-corrected chi connectivity index (χ0v) is 21.9. The molecule has 0 unspecified atom stereocenters. The molecule has 0 spiro atoms. The van der Waals surface area contributed by atoms with Gasteiger partial charge in [-0.3, -0.25) is 0 Å². The van der Waals surface area contributed by atoms with Gasteiger partial charge in [0.05, 0.1) is 56.7 Å². The Morgan fingerprint density at radius 1 is 0.675 bits per heavy atom. The van der Waals surface area contributed by atoms with Crippen molar-refractivity contribution in [1.82, 2.24) is 4.57 Å². The maximum absolute atomic E-state index is 9.76. The van der Waals surface area contributed by atoms with Crippen LogP contribution in [0.1, 0.15) is 25.0 Å². The van der Waals surface area contributed by atoms with Crippen molar-refractivity contribution in [3.05, 3.63) is 102 Å². The summed E-state index contributed by atoms with van der Waals surface area (Å²) in [5.41, 5.74) is 10.4. The molecule has 0 aliphatic carbocycles. The minimum atomic E-state index is 0.144. The molecule has 0 radical (unpaired) electrons. The molecule has 0 N–H and O–H groups in total. The fourth-order valence-electron chi connectivity index (χ4n) is 6.39. The lowest BCUT2D eigenvalue weighted by atomic mass is 9.98. The second kappa shape index (κ2) is 7.99. The highest BCUT2D eigenvalue weighted by atomic mass is 16.3. The van der Waals surface area contributed by atoms with Gasteiger partial charge in [0.15, 0.2) is 0 Å². The van der Waals surface area contributed by atoms with Gasteiger partial charge in [0.2, 0.25) is 0 Å². The summed E-state index contributed by atoms with van der Waals surface area (Å²) in [5, 5.41) is 23.5. The molecule has 1 aliphatic rings. The Bertz CT molecular complexity index is 2270. The van der Waals surface area contributed by atoms with Crippen LogP contribution in [-0.2, 0) is 0 Å². The maximum Gasteiger partial charge on any atom is 0.145 e. The summed E-state index contributed by atoms with van der Waals surface area (Å²) in [4.78, 5) is 2.33. The van der Waals surface area contributed by atoms with Gasteiger partial charge in [-0.15, -0.1) is 0 Å². The van der Waals surface area contributed by atoms with Crippen LogP contribution in [-0.4, -0.2) is 10.6 Å². The number of nitrogens with zero attached hydrogens (tertiary/aromatic N) is 4. The Balaban J connectivity index is 1.58. The number of para-hydroxylation sites is 1. The van der Waals surface area contributed by atoms with Gasteiger partial charge < -0.3 is 13.9 Å². The molecule has 0 atom stereocenters. The normalized spacial score (nSPS) is 12.4. The summed E-state index contributed by atoms with van der Waals surface area (Å²) in [7, 11) is 0. The second-order valence-corrected chi connectivity index (χ2v) is 10.6. The third kappa shape index (κ3) is 2.89. The van der Waals surface area contributed by atoms with Gasteiger partial charge in [0.1, 0.15) is 11.2 Å². The number of aromatic nitrogens is 1. The summed E-state index contributed by atoms with van der Waals surface area (Å²) in [6, 6.07) is 35.4. The average Bonchev–Trinajstić information content (AvgIpc) is 3.53. The fraction of sp³-hybridized carbons (Fsp3) is 0.0857. The predicted octanol–water partition coefficient (Wildman–Crippen LogP) is 8.95. The van der Waals surface area contributed by atoms with E-state index in [-0.39, 0.29) is 6.04 Å². The monoisotopic (exact) mass is 514 g/mol. The Labute approximate surface area is 230 Å². The van der Waals surface area contributed by atoms with Crippen molar-refractivity contribution in [2.75, 3.05) is 4.90 Å². The predicted molar refractivity (Wildman–Crippen MR) is 160 cm³/mol. The molecule has 0 amide bonds. The molecule has 0 fully saturated rings. The number of furan rings is 1. The first-order valence-electron chi connectivity index (χ1n) is 13.3. The number of hydrogen-bond donors (Lipinski definition) is 0. The van der Waals surface area contributed by atoms with Crippen molar-refractivity contribution in [3.63, 3.8) is 0 Å². The van der Waals surface area contributed by atoms with Crippen molar-refractivity contribution in [2.24, 2.45) is 0 Å². The van der Waals surface area contributed by atoms with Gasteiger partial charge >= 0.3 is 0 Å². The smallest absolute Gasteiger partial charge is 0.145 e. The highest BCUT2D eigenvalue weighted by Gasteiger charge is 2.31. The highest BCUT2D eigenvalue weighted by molar-refractivity contribution is 6.26. The number of anilines is 2. The third-order valence-electron chi connectivity index (χ3n) is 8.08. The topological polar surface area (TPSA) is 68.9 Å². The van der Waals surface area contributed by atoms with Crippen LogP contribution in [0.15, 0.2) is 95.4 Å². The van der Waals surface area contributed by atoms with Crippen molar-refractivity contribution < 1.29 is 4.42 Å². The Hall–Kier alpha value is -5.52. The van der Waals surface area contributed by atoms with E-state index >= 15 is 0 Å². The zero-order valence-electron chi connectivity index (χ0n) is 21.9. The summed E-state index contributed by atoms with van der Waals surface area (Å²) >= 11 is 0. The SMILES string of the molecule is CC(C)N1c2cc(C#N)ccc2-n2c3ccc4c5ccccc5oc4c3c3cc(-c4ccc(C#N)cc4)cc1c32. The number of hydrogen-bond acceptors (Lipinski definition) is 4. The van der Waals surface area contributed by atoms with Gasteiger partial charge in [-0.2, -0.15) is 10.5 Å². The number of fused-ring (bicyclic) bond motifs is 9. The molecular weight excluding hydrogens is 492 g/mol. The van der Waals surface area contributed by atoms with Crippen LogP contribution in [0, 0.1) is 22.7 Å². The lowest BCUT2D eigenvalue weighted by Crippen LogP contribution is -2.29. The van der Waals surface area contributed by atoms with Crippen LogP contribution < -0.4 is 4.90 Å². The van der Waals surface area contributed by atoms with Crippen LogP contribution in [0.25, 0.3) is 60.6 Å². The van der Waals surface area contributed by atoms with E-state index in [0.717, 1.165) is 71.9 Å². The van der Waals surface area contributed by atoms with E-state index in [1.807, 2.05) is 54.6 Å². The first-order chi connectivity index (χ1) is 19.6. The number of rotatable bonds is 2. The molecule has 7 aromatic rings. The number of nitriles is 2. The van der Waals surface area contributed by atoms with Crippen molar-refractivity contribution in [2.45, 2.75) is 19.9 Å². The summed E-state index contributed by atoms with van der Waals surface area (Å²) < 4.78 is 8.88. The quantitative estimate of drug-likeness (QED) is 0.231. The molecule has 3 heterocycles. The maximum atomic E-state index is 9.76. The standard InChI is InChI=1S/C35H22N4O/c1-20(2)38-30-15-22(19-37)9-13-28(30)39-29-14-12-26-25-5-3-4-6-32(25)40-35(26)33(29)27-16-24(17-31(38)34(27)39)23-10-7-21(18-36)8-11-23/h3-17,20H,1-2H3. The fourth-order valence-corrected chi connectivity index (χ4v) is 6.39. The molecule has 0 saturated heterocycles. The van der Waals surface area contributed by atoms with Crippen LogP contribution in [0.2, 0.25) is 0 Å². The van der Waals surface area contributed by atoms with Crippen LogP contribution in [0.3, 0.4) is 0 Å². The van der Waals surface area contributed by atoms with Crippen LogP contribution in [0.5, 0.6) is 0 Å². The van der Waals surface area contributed by atoms with E-state index in [2.05, 4.69) is 71.9 Å². The second-order valence-electron chi connectivity index (χ2n) is 10.6. The molecule has 5 heteroatoms. The highest BCUT2D eigenvalue weighted by Crippen LogP contribution is 2.51. The minimum Gasteiger partial charge on any atom is -0.455 e. The van der Waals surface area contributed by atoms with Crippen LogP contribution in [0.4, 0.5) is 11.4 Å². The van der Waals surface area contributed by atoms with Gasteiger partial charge in [-0.05, 0) is 85.6 Å². The molecule has 2 aromatic heterocycles. The largest absolute Gasteiger partial charge is 0.455 e. The first kappa shape index (κ1) is 22.5.